The molecular weight excluding hydrogens is 198 g/mol. The molecule has 2 nitrogen and oxygen atoms in total. The van der Waals surface area contributed by atoms with Crippen molar-refractivity contribution in [3.05, 3.63) is 35.4 Å². The predicted molar refractivity (Wildman–Crippen MR) is 68.6 cm³/mol. The van der Waals surface area contributed by atoms with Crippen LogP contribution >= 0.6 is 0 Å². The van der Waals surface area contributed by atoms with E-state index in [1.54, 1.807) is 7.11 Å². The van der Waals surface area contributed by atoms with Crippen LogP contribution in [0.5, 0.6) is 0 Å². The Morgan fingerprint density at radius 2 is 2.12 bits per heavy atom. The first kappa shape index (κ1) is 13.2. The van der Waals surface area contributed by atoms with E-state index >= 15 is 0 Å². The highest BCUT2D eigenvalue weighted by atomic mass is 16.5. The number of aryl methyl sites for hydroxylation is 1. The molecule has 0 radical (unpaired) electrons. The van der Waals surface area contributed by atoms with E-state index in [0.29, 0.717) is 0 Å². The normalized spacial score (nSPS) is 12.7. The fraction of sp³-hybridized carbons (Fsp3) is 0.571. The summed E-state index contributed by atoms with van der Waals surface area (Å²) in [6.07, 6.45) is 4.32. The quantitative estimate of drug-likeness (QED) is 0.718. The number of unbranched alkanes of at least 4 members (excludes halogenated alkanes) is 1. The fourth-order valence-corrected chi connectivity index (χ4v) is 1.90. The van der Waals surface area contributed by atoms with Gasteiger partial charge in [-0.15, -0.1) is 0 Å². The Balaban J connectivity index is 2.25. The van der Waals surface area contributed by atoms with Gasteiger partial charge in [0.15, 0.2) is 0 Å². The van der Waals surface area contributed by atoms with Crippen molar-refractivity contribution in [2.24, 2.45) is 5.73 Å². The van der Waals surface area contributed by atoms with E-state index in [-0.39, 0.29) is 6.04 Å². The molecule has 1 atom stereocenters. The van der Waals surface area contributed by atoms with Gasteiger partial charge in [-0.3, -0.25) is 0 Å². The maximum Gasteiger partial charge on any atom is 0.0462 e. The van der Waals surface area contributed by atoms with Gasteiger partial charge < -0.3 is 10.5 Å². The van der Waals surface area contributed by atoms with Crippen LogP contribution in [0.2, 0.25) is 0 Å². The minimum absolute atomic E-state index is 0.277. The molecule has 2 heteroatoms. The van der Waals surface area contributed by atoms with E-state index in [1.807, 2.05) is 0 Å². The number of methoxy groups -OCH3 is 1. The van der Waals surface area contributed by atoms with Gasteiger partial charge >= 0.3 is 0 Å². The molecule has 1 unspecified atom stereocenters. The van der Waals surface area contributed by atoms with Crippen molar-refractivity contribution >= 4 is 0 Å². The van der Waals surface area contributed by atoms with Crippen molar-refractivity contribution in [2.45, 2.75) is 38.6 Å². The second kappa shape index (κ2) is 7.42. The molecule has 1 aromatic rings. The average molecular weight is 221 g/mol. The van der Waals surface area contributed by atoms with Gasteiger partial charge in [-0.25, -0.2) is 0 Å². The van der Waals surface area contributed by atoms with Crippen LogP contribution in [-0.2, 0) is 11.2 Å². The van der Waals surface area contributed by atoms with Gasteiger partial charge in [0.2, 0.25) is 0 Å². The minimum atomic E-state index is 0.277. The molecule has 0 heterocycles. The highest BCUT2D eigenvalue weighted by molar-refractivity contribution is 5.22. The van der Waals surface area contributed by atoms with Gasteiger partial charge in [-0.2, -0.15) is 0 Å². The largest absolute Gasteiger partial charge is 0.385 e. The SMILES string of the molecule is COCCCCC(N)Cc1cccc(C)c1. The number of rotatable bonds is 7. The van der Waals surface area contributed by atoms with E-state index in [1.165, 1.54) is 11.1 Å². The summed E-state index contributed by atoms with van der Waals surface area (Å²) >= 11 is 0. The molecule has 0 bridgehead atoms. The van der Waals surface area contributed by atoms with Crippen LogP contribution in [0, 0.1) is 6.92 Å². The van der Waals surface area contributed by atoms with Crippen LogP contribution in [0.15, 0.2) is 24.3 Å². The third-order valence-corrected chi connectivity index (χ3v) is 2.75. The molecule has 0 aliphatic heterocycles. The maximum absolute atomic E-state index is 6.10. The van der Waals surface area contributed by atoms with E-state index in [2.05, 4.69) is 31.2 Å². The fourth-order valence-electron chi connectivity index (χ4n) is 1.90. The number of ether oxygens (including phenoxy) is 1. The first-order valence-corrected chi connectivity index (χ1v) is 6.02. The Morgan fingerprint density at radius 1 is 1.31 bits per heavy atom. The van der Waals surface area contributed by atoms with Gasteiger partial charge in [-0.1, -0.05) is 29.8 Å². The number of hydrogen-bond acceptors (Lipinski definition) is 2. The summed E-state index contributed by atoms with van der Waals surface area (Å²) in [4.78, 5) is 0. The van der Waals surface area contributed by atoms with Crippen molar-refractivity contribution in [2.75, 3.05) is 13.7 Å². The molecular formula is C14H23NO. The third-order valence-electron chi connectivity index (χ3n) is 2.75. The molecule has 2 N–H and O–H groups in total. The van der Waals surface area contributed by atoms with Crippen molar-refractivity contribution in [3.8, 4) is 0 Å². The van der Waals surface area contributed by atoms with Gasteiger partial charge in [0.05, 0.1) is 0 Å². The number of nitrogens with two attached hydrogens (primary N) is 1. The van der Waals surface area contributed by atoms with Gasteiger partial charge in [0, 0.05) is 19.8 Å². The van der Waals surface area contributed by atoms with Crippen LogP contribution in [0.3, 0.4) is 0 Å². The molecule has 0 saturated carbocycles. The second-order valence-corrected chi connectivity index (χ2v) is 4.44. The Hall–Kier alpha value is -0.860. The first-order chi connectivity index (χ1) is 7.72. The summed E-state index contributed by atoms with van der Waals surface area (Å²) in [5.41, 5.74) is 8.75. The van der Waals surface area contributed by atoms with Gasteiger partial charge in [0.1, 0.15) is 0 Å². The zero-order chi connectivity index (χ0) is 11.8. The summed E-state index contributed by atoms with van der Waals surface area (Å²) in [6.45, 7) is 2.96. The highest BCUT2D eigenvalue weighted by Crippen LogP contribution is 2.09. The van der Waals surface area contributed by atoms with E-state index in [0.717, 1.165) is 32.3 Å². The molecule has 0 aliphatic rings. The van der Waals surface area contributed by atoms with Crippen LogP contribution in [0.25, 0.3) is 0 Å². The van der Waals surface area contributed by atoms with E-state index < -0.39 is 0 Å². The highest BCUT2D eigenvalue weighted by Gasteiger charge is 2.03. The smallest absolute Gasteiger partial charge is 0.0462 e. The van der Waals surface area contributed by atoms with Gasteiger partial charge in [-0.05, 0) is 38.2 Å². The molecule has 0 saturated heterocycles. The Morgan fingerprint density at radius 3 is 2.81 bits per heavy atom. The summed E-state index contributed by atoms with van der Waals surface area (Å²) in [7, 11) is 1.74. The molecule has 1 aromatic carbocycles. The second-order valence-electron chi connectivity index (χ2n) is 4.44. The first-order valence-electron chi connectivity index (χ1n) is 6.02. The van der Waals surface area contributed by atoms with Gasteiger partial charge in [0.25, 0.3) is 0 Å². The summed E-state index contributed by atoms with van der Waals surface area (Å²) in [5.74, 6) is 0. The van der Waals surface area contributed by atoms with Crippen molar-refractivity contribution in [1.82, 2.24) is 0 Å². The topological polar surface area (TPSA) is 35.2 Å². The summed E-state index contributed by atoms with van der Waals surface area (Å²) < 4.78 is 5.02. The lowest BCUT2D eigenvalue weighted by molar-refractivity contribution is 0.191. The Labute approximate surface area is 98.8 Å². The maximum atomic E-state index is 6.10. The molecule has 1 rings (SSSR count). The van der Waals surface area contributed by atoms with Crippen LogP contribution in [0.1, 0.15) is 30.4 Å². The molecule has 0 spiro atoms. The summed E-state index contributed by atoms with van der Waals surface area (Å²) in [5, 5.41) is 0. The van der Waals surface area contributed by atoms with Crippen molar-refractivity contribution in [3.63, 3.8) is 0 Å². The zero-order valence-corrected chi connectivity index (χ0v) is 10.4. The Bertz CT molecular complexity index is 299. The zero-order valence-electron chi connectivity index (χ0n) is 10.4. The van der Waals surface area contributed by atoms with E-state index in [9.17, 15) is 0 Å². The van der Waals surface area contributed by atoms with Crippen LogP contribution in [-0.4, -0.2) is 19.8 Å². The third kappa shape index (κ3) is 5.29. The minimum Gasteiger partial charge on any atom is -0.385 e. The molecule has 16 heavy (non-hydrogen) atoms. The lowest BCUT2D eigenvalue weighted by Crippen LogP contribution is -2.22. The molecule has 90 valence electrons. The monoisotopic (exact) mass is 221 g/mol. The standard InChI is InChI=1S/C14H23NO/c1-12-6-5-7-13(10-12)11-14(15)8-3-4-9-16-2/h5-7,10,14H,3-4,8-9,11,15H2,1-2H3. The lowest BCUT2D eigenvalue weighted by Gasteiger charge is -2.11. The molecule has 0 amide bonds. The average Bonchev–Trinajstić information content (AvgIpc) is 2.24. The Kier molecular flexibility index (Phi) is 6.12. The van der Waals surface area contributed by atoms with Crippen molar-refractivity contribution in [1.29, 1.82) is 0 Å². The van der Waals surface area contributed by atoms with E-state index in [4.69, 9.17) is 10.5 Å². The van der Waals surface area contributed by atoms with Crippen LogP contribution < -0.4 is 5.73 Å². The summed E-state index contributed by atoms with van der Waals surface area (Å²) in [6, 6.07) is 8.87. The number of benzene rings is 1. The van der Waals surface area contributed by atoms with Crippen LogP contribution in [0.4, 0.5) is 0 Å². The lowest BCUT2D eigenvalue weighted by atomic mass is 10.0. The molecule has 0 fully saturated rings. The number of hydrogen-bond donors (Lipinski definition) is 1. The van der Waals surface area contributed by atoms with Crippen molar-refractivity contribution < 1.29 is 4.74 Å². The predicted octanol–water partition coefficient (Wildman–Crippen LogP) is 2.68. The molecule has 0 aliphatic carbocycles. The molecule has 0 aromatic heterocycles.